The molecule has 3 N–H and O–H groups in total. The Kier molecular flexibility index (Phi) is 12.2. The lowest BCUT2D eigenvalue weighted by molar-refractivity contribution is -0.121. The Morgan fingerprint density at radius 2 is 1.94 bits per heavy atom. The standard InChI is InChI=1S/C29H43NO5/c1-4-5-19-29(2,3)27(33)18-17-24-23(25(31)21-26(24)32)16-12-7-6-8-13-20-35-28(34)30-22-14-10-9-11-15-22/h7,9-12,14-15,17-18,23-24,26-27,32-33H,4-6,8,13,16,19-21H2,1-3H3,(H,30,34)/b12-7-,18-17+/t23-,24-,26-,27-/m1/s1. The third-order valence-electron chi connectivity index (χ3n) is 6.80. The second-order valence-electron chi connectivity index (χ2n) is 10.2. The smallest absolute Gasteiger partial charge is 0.411 e. The largest absolute Gasteiger partial charge is 0.449 e. The number of Topliss-reactive ketones (excluding diaryl/α,β-unsaturated/α-hetero) is 1. The van der Waals surface area contributed by atoms with E-state index in [0.717, 1.165) is 38.5 Å². The topological polar surface area (TPSA) is 95.9 Å². The van der Waals surface area contributed by atoms with Crippen LogP contribution in [0.4, 0.5) is 10.5 Å². The predicted octanol–water partition coefficient (Wildman–Crippen LogP) is 6.05. The van der Waals surface area contributed by atoms with Crippen LogP contribution < -0.4 is 5.32 Å². The molecule has 0 aliphatic heterocycles. The van der Waals surface area contributed by atoms with Crippen LogP contribution in [0.25, 0.3) is 0 Å². The Morgan fingerprint density at radius 3 is 2.66 bits per heavy atom. The second-order valence-corrected chi connectivity index (χ2v) is 10.2. The minimum Gasteiger partial charge on any atom is -0.449 e. The Bertz CT molecular complexity index is 833. The fourth-order valence-corrected chi connectivity index (χ4v) is 4.37. The number of unbranched alkanes of at least 4 members (excludes halogenated alkanes) is 3. The lowest BCUT2D eigenvalue weighted by Crippen LogP contribution is -2.28. The number of anilines is 1. The maximum atomic E-state index is 12.4. The zero-order chi connectivity index (χ0) is 25.7. The number of nitrogens with one attached hydrogen (secondary N) is 1. The summed E-state index contributed by atoms with van der Waals surface area (Å²) >= 11 is 0. The van der Waals surface area contributed by atoms with Crippen molar-refractivity contribution in [2.45, 2.75) is 84.3 Å². The van der Waals surface area contributed by atoms with Crippen LogP contribution in [-0.4, -0.2) is 40.9 Å². The molecule has 0 radical (unpaired) electrons. The van der Waals surface area contributed by atoms with E-state index >= 15 is 0 Å². The SMILES string of the molecule is CCCCC(C)(C)[C@H](O)/C=C/[C@H]1[C@H](O)CC(=O)[C@@H]1C/C=C\CCCCOC(=O)Nc1ccccc1. The molecule has 0 heterocycles. The molecule has 6 nitrogen and oxygen atoms in total. The van der Waals surface area contributed by atoms with Crippen molar-refractivity contribution < 1.29 is 24.5 Å². The highest BCUT2D eigenvalue weighted by Crippen LogP contribution is 2.35. The Morgan fingerprint density at radius 1 is 1.20 bits per heavy atom. The van der Waals surface area contributed by atoms with Crippen LogP contribution in [0, 0.1) is 17.3 Å². The molecular formula is C29H43NO5. The number of carbonyl (C=O) groups is 2. The highest BCUT2D eigenvalue weighted by atomic mass is 16.5. The van der Waals surface area contributed by atoms with Gasteiger partial charge in [0.25, 0.3) is 0 Å². The molecule has 4 atom stereocenters. The van der Waals surface area contributed by atoms with E-state index in [1.165, 1.54) is 0 Å². The molecule has 0 saturated heterocycles. The molecule has 6 heteroatoms. The molecule has 194 valence electrons. The molecule has 0 aromatic heterocycles. The molecule has 0 unspecified atom stereocenters. The van der Waals surface area contributed by atoms with E-state index in [-0.39, 0.29) is 29.5 Å². The maximum Gasteiger partial charge on any atom is 0.411 e. The van der Waals surface area contributed by atoms with E-state index in [2.05, 4.69) is 26.1 Å². The molecule has 1 aromatic rings. The van der Waals surface area contributed by atoms with Gasteiger partial charge in [0.2, 0.25) is 0 Å². The van der Waals surface area contributed by atoms with Crippen LogP contribution in [0.3, 0.4) is 0 Å². The fraction of sp³-hybridized carbons (Fsp3) is 0.586. The minimum absolute atomic E-state index is 0.0781. The van der Waals surface area contributed by atoms with Crippen molar-refractivity contribution in [1.29, 1.82) is 0 Å². The van der Waals surface area contributed by atoms with E-state index in [1.54, 1.807) is 18.2 Å². The maximum absolute atomic E-state index is 12.4. The summed E-state index contributed by atoms with van der Waals surface area (Å²) in [7, 11) is 0. The molecule has 0 spiro atoms. The van der Waals surface area contributed by atoms with E-state index < -0.39 is 18.3 Å². The van der Waals surface area contributed by atoms with Gasteiger partial charge in [0.05, 0.1) is 18.8 Å². The molecule has 35 heavy (non-hydrogen) atoms. The molecular weight excluding hydrogens is 442 g/mol. The van der Waals surface area contributed by atoms with Crippen LogP contribution in [0.1, 0.15) is 72.1 Å². The van der Waals surface area contributed by atoms with Crippen molar-refractivity contribution in [3.8, 4) is 0 Å². The molecule has 1 aliphatic rings. The second kappa shape index (κ2) is 14.8. The zero-order valence-corrected chi connectivity index (χ0v) is 21.5. The van der Waals surface area contributed by atoms with Crippen LogP contribution in [-0.2, 0) is 9.53 Å². The summed E-state index contributed by atoms with van der Waals surface area (Å²) < 4.78 is 5.19. The van der Waals surface area contributed by atoms with Crippen molar-refractivity contribution >= 4 is 17.6 Å². The number of para-hydroxylation sites is 1. The normalized spacial score (nSPS) is 21.6. The first-order chi connectivity index (χ1) is 16.7. The molecule has 1 aliphatic carbocycles. The van der Waals surface area contributed by atoms with Gasteiger partial charge in [0.1, 0.15) is 5.78 Å². The number of carbonyl (C=O) groups excluding carboxylic acids is 2. The number of ketones is 1. The summed E-state index contributed by atoms with van der Waals surface area (Å²) in [6.45, 7) is 6.59. The summed E-state index contributed by atoms with van der Waals surface area (Å²) in [5.41, 5.74) is 0.469. The quantitative estimate of drug-likeness (QED) is 0.220. The van der Waals surface area contributed by atoms with Gasteiger partial charge in [-0.2, -0.15) is 0 Å². The number of amides is 1. The monoisotopic (exact) mass is 485 g/mol. The van der Waals surface area contributed by atoms with Gasteiger partial charge < -0.3 is 14.9 Å². The number of rotatable bonds is 14. The summed E-state index contributed by atoms with van der Waals surface area (Å²) in [4.78, 5) is 24.2. The third-order valence-corrected chi connectivity index (χ3v) is 6.80. The van der Waals surface area contributed by atoms with E-state index in [1.807, 2.05) is 36.4 Å². The average Bonchev–Trinajstić information content (AvgIpc) is 3.10. The van der Waals surface area contributed by atoms with Gasteiger partial charge in [0.15, 0.2) is 0 Å². The number of hydrogen-bond donors (Lipinski definition) is 3. The number of allylic oxidation sites excluding steroid dienone is 2. The molecule has 1 aromatic carbocycles. The molecule has 0 bridgehead atoms. The lowest BCUT2D eigenvalue weighted by Gasteiger charge is -2.29. The van der Waals surface area contributed by atoms with Gasteiger partial charge >= 0.3 is 6.09 Å². The predicted molar refractivity (Wildman–Crippen MR) is 140 cm³/mol. The molecule has 1 fully saturated rings. The number of benzene rings is 1. The highest BCUT2D eigenvalue weighted by Gasteiger charge is 2.39. The Hall–Kier alpha value is -2.44. The molecule has 1 saturated carbocycles. The van der Waals surface area contributed by atoms with Crippen molar-refractivity contribution in [2.24, 2.45) is 17.3 Å². The number of aliphatic hydroxyl groups excluding tert-OH is 2. The van der Waals surface area contributed by atoms with E-state index in [4.69, 9.17) is 4.74 Å². The minimum atomic E-state index is -0.692. The first kappa shape index (κ1) is 28.8. The first-order valence-electron chi connectivity index (χ1n) is 13.0. The van der Waals surface area contributed by atoms with Gasteiger partial charge in [-0.1, -0.05) is 76.1 Å². The van der Waals surface area contributed by atoms with Crippen LogP contribution in [0.15, 0.2) is 54.6 Å². The van der Waals surface area contributed by atoms with Crippen molar-refractivity contribution in [1.82, 2.24) is 0 Å². The van der Waals surface area contributed by atoms with E-state index in [0.29, 0.717) is 18.7 Å². The summed E-state index contributed by atoms with van der Waals surface area (Å²) in [6, 6.07) is 9.18. The van der Waals surface area contributed by atoms with Crippen LogP contribution in [0.5, 0.6) is 0 Å². The number of hydrogen-bond acceptors (Lipinski definition) is 5. The van der Waals surface area contributed by atoms with Crippen molar-refractivity contribution in [3.05, 3.63) is 54.6 Å². The summed E-state index contributed by atoms with van der Waals surface area (Å²) in [6.07, 6.45) is 12.2. The average molecular weight is 486 g/mol. The zero-order valence-electron chi connectivity index (χ0n) is 21.5. The van der Waals surface area contributed by atoms with Gasteiger partial charge in [-0.15, -0.1) is 0 Å². The van der Waals surface area contributed by atoms with Crippen molar-refractivity contribution in [2.75, 3.05) is 11.9 Å². The van der Waals surface area contributed by atoms with Crippen LogP contribution >= 0.6 is 0 Å². The van der Waals surface area contributed by atoms with Crippen LogP contribution in [0.2, 0.25) is 0 Å². The lowest BCUT2D eigenvalue weighted by atomic mass is 9.80. The van der Waals surface area contributed by atoms with Crippen molar-refractivity contribution in [3.63, 3.8) is 0 Å². The summed E-state index contributed by atoms with van der Waals surface area (Å²) in [5, 5.41) is 23.7. The van der Waals surface area contributed by atoms with Gasteiger partial charge in [-0.25, -0.2) is 4.79 Å². The fourth-order valence-electron chi connectivity index (χ4n) is 4.37. The van der Waals surface area contributed by atoms with Gasteiger partial charge in [0, 0.05) is 23.9 Å². The Labute approximate surface area is 210 Å². The Balaban J connectivity index is 1.70. The summed E-state index contributed by atoms with van der Waals surface area (Å²) in [5.74, 6) is -0.442. The van der Waals surface area contributed by atoms with Gasteiger partial charge in [-0.05, 0) is 49.7 Å². The van der Waals surface area contributed by atoms with E-state index in [9.17, 15) is 19.8 Å². The highest BCUT2D eigenvalue weighted by molar-refractivity contribution is 5.85. The molecule has 2 rings (SSSR count). The molecule has 1 amide bonds. The third kappa shape index (κ3) is 9.98. The number of ether oxygens (including phenoxy) is 1. The first-order valence-corrected chi connectivity index (χ1v) is 13.0. The van der Waals surface area contributed by atoms with Gasteiger partial charge in [-0.3, -0.25) is 10.1 Å². The number of aliphatic hydroxyl groups is 2.